The monoisotopic (exact) mass is 270 g/mol. The lowest BCUT2D eigenvalue weighted by Gasteiger charge is -2.52. The molecule has 0 heterocycles. The van der Waals surface area contributed by atoms with Crippen LogP contribution in [0.4, 0.5) is 0 Å². The van der Waals surface area contributed by atoms with E-state index in [4.69, 9.17) is 10.5 Å². The van der Waals surface area contributed by atoms with E-state index >= 15 is 0 Å². The van der Waals surface area contributed by atoms with Gasteiger partial charge in [0, 0.05) is 32.3 Å². The summed E-state index contributed by atoms with van der Waals surface area (Å²) in [4.78, 5) is 2.62. The molecule has 3 nitrogen and oxygen atoms in total. The highest BCUT2D eigenvalue weighted by atomic mass is 16.5. The van der Waals surface area contributed by atoms with Crippen molar-refractivity contribution in [2.45, 2.75) is 52.5 Å². The normalized spacial score (nSPS) is 32.2. The topological polar surface area (TPSA) is 38.5 Å². The van der Waals surface area contributed by atoms with Gasteiger partial charge in [-0.05, 0) is 37.0 Å². The highest BCUT2D eigenvalue weighted by molar-refractivity contribution is 4.99. The molecule has 0 aliphatic heterocycles. The van der Waals surface area contributed by atoms with E-state index in [2.05, 4.69) is 32.6 Å². The van der Waals surface area contributed by atoms with Gasteiger partial charge in [0.2, 0.25) is 0 Å². The summed E-state index contributed by atoms with van der Waals surface area (Å²) in [5.74, 6) is 2.20. The SMILES string of the molecule is COCCN(CC(C)C)C1(CN)CCC(C)CC1C. The van der Waals surface area contributed by atoms with Gasteiger partial charge in [-0.15, -0.1) is 0 Å². The van der Waals surface area contributed by atoms with E-state index in [1.54, 1.807) is 7.11 Å². The van der Waals surface area contributed by atoms with Crippen molar-refractivity contribution in [2.75, 3.05) is 33.4 Å². The van der Waals surface area contributed by atoms with Crippen LogP contribution < -0.4 is 5.73 Å². The molecule has 0 aromatic heterocycles. The van der Waals surface area contributed by atoms with E-state index in [1.807, 2.05) is 0 Å². The van der Waals surface area contributed by atoms with Gasteiger partial charge in [0.05, 0.1) is 6.61 Å². The third-order valence-electron chi connectivity index (χ3n) is 4.88. The van der Waals surface area contributed by atoms with Gasteiger partial charge in [-0.3, -0.25) is 4.90 Å². The summed E-state index contributed by atoms with van der Waals surface area (Å²) in [6.07, 6.45) is 3.85. The van der Waals surface area contributed by atoms with E-state index in [0.29, 0.717) is 11.8 Å². The molecule has 3 unspecified atom stereocenters. The standard InChI is InChI=1S/C16H34N2O/c1-13(2)11-18(8-9-19-5)16(12-17)7-6-14(3)10-15(16)4/h13-15H,6-12,17H2,1-5H3. The number of ether oxygens (including phenoxy) is 1. The Morgan fingerprint density at radius 2 is 2.05 bits per heavy atom. The van der Waals surface area contributed by atoms with Crippen molar-refractivity contribution >= 4 is 0 Å². The lowest BCUT2D eigenvalue weighted by Crippen LogP contribution is -2.61. The van der Waals surface area contributed by atoms with Crippen molar-refractivity contribution in [3.8, 4) is 0 Å². The zero-order valence-corrected chi connectivity index (χ0v) is 13.6. The Balaban J connectivity index is 2.86. The van der Waals surface area contributed by atoms with Crippen LogP contribution in [-0.4, -0.2) is 43.8 Å². The van der Waals surface area contributed by atoms with Crippen molar-refractivity contribution in [1.29, 1.82) is 0 Å². The van der Waals surface area contributed by atoms with E-state index in [9.17, 15) is 0 Å². The predicted octanol–water partition coefficient (Wildman–Crippen LogP) is 2.74. The van der Waals surface area contributed by atoms with Gasteiger partial charge < -0.3 is 10.5 Å². The fourth-order valence-corrected chi connectivity index (χ4v) is 3.72. The number of rotatable bonds is 7. The number of nitrogens with zero attached hydrogens (tertiary/aromatic N) is 1. The van der Waals surface area contributed by atoms with Crippen LogP contribution in [0, 0.1) is 17.8 Å². The second-order valence-electron chi connectivity index (χ2n) is 6.92. The van der Waals surface area contributed by atoms with E-state index in [1.165, 1.54) is 19.3 Å². The quantitative estimate of drug-likeness (QED) is 0.773. The van der Waals surface area contributed by atoms with Gasteiger partial charge in [-0.2, -0.15) is 0 Å². The number of hydrogen-bond acceptors (Lipinski definition) is 3. The summed E-state index contributed by atoms with van der Waals surface area (Å²) in [7, 11) is 1.79. The summed E-state index contributed by atoms with van der Waals surface area (Å²) in [5, 5.41) is 0. The second kappa shape index (κ2) is 7.61. The largest absolute Gasteiger partial charge is 0.383 e. The second-order valence-corrected chi connectivity index (χ2v) is 6.92. The van der Waals surface area contributed by atoms with E-state index < -0.39 is 0 Å². The molecular formula is C16H34N2O. The molecule has 1 aliphatic carbocycles. The fraction of sp³-hybridized carbons (Fsp3) is 1.00. The van der Waals surface area contributed by atoms with Crippen LogP contribution in [0.5, 0.6) is 0 Å². The molecule has 3 atom stereocenters. The van der Waals surface area contributed by atoms with Gasteiger partial charge >= 0.3 is 0 Å². The summed E-state index contributed by atoms with van der Waals surface area (Å²) < 4.78 is 5.31. The maximum atomic E-state index is 6.24. The minimum Gasteiger partial charge on any atom is -0.383 e. The first-order valence-electron chi connectivity index (χ1n) is 7.90. The predicted molar refractivity (Wildman–Crippen MR) is 82.3 cm³/mol. The minimum atomic E-state index is 0.190. The Morgan fingerprint density at radius 1 is 1.37 bits per heavy atom. The first kappa shape index (κ1) is 16.9. The van der Waals surface area contributed by atoms with Crippen LogP contribution in [0.15, 0.2) is 0 Å². The molecule has 0 bridgehead atoms. The average Bonchev–Trinajstić information content (AvgIpc) is 2.35. The molecule has 3 heteroatoms. The number of nitrogens with two attached hydrogens (primary N) is 1. The lowest BCUT2D eigenvalue weighted by atomic mass is 9.68. The van der Waals surface area contributed by atoms with Crippen molar-refractivity contribution < 1.29 is 4.74 Å². The lowest BCUT2D eigenvalue weighted by molar-refractivity contribution is -0.0200. The van der Waals surface area contributed by atoms with Crippen LogP contribution in [-0.2, 0) is 4.74 Å². The molecule has 19 heavy (non-hydrogen) atoms. The fourth-order valence-electron chi connectivity index (χ4n) is 3.72. The van der Waals surface area contributed by atoms with Crippen molar-refractivity contribution in [3.63, 3.8) is 0 Å². The van der Waals surface area contributed by atoms with Crippen LogP contribution in [0.3, 0.4) is 0 Å². The molecule has 114 valence electrons. The maximum absolute atomic E-state index is 6.24. The van der Waals surface area contributed by atoms with E-state index in [0.717, 1.165) is 32.2 Å². The summed E-state index contributed by atoms with van der Waals surface area (Å²) >= 11 is 0. The Morgan fingerprint density at radius 3 is 2.53 bits per heavy atom. The molecule has 2 N–H and O–H groups in total. The first-order valence-corrected chi connectivity index (χ1v) is 7.90. The number of hydrogen-bond donors (Lipinski definition) is 1. The van der Waals surface area contributed by atoms with Gasteiger partial charge in [-0.1, -0.05) is 27.7 Å². The van der Waals surface area contributed by atoms with Gasteiger partial charge in [0.1, 0.15) is 0 Å². The average molecular weight is 270 g/mol. The zero-order valence-electron chi connectivity index (χ0n) is 13.6. The highest BCUT2D eigenvalue weighted by Gasteiger charge is 2.43. The molecule has 0 aromatic rings. The van der Waals surface area contributed by atoms with Gasteiger partial charge in [0.25, 0.3) is 0 Å². The molecule has 0 radical (unpaired) electrons. The molecule has 0 aromatic carbocycles. The molecule has 0 saturated heterocycles. The van der Waals surface area contributed by atoms with Gasteiger partial charge in [-0.25, -0.2) is 0 Å². The third-order valence-corrected chi connectivity index (χ3v) is 4.88. The van der Waals surface area contributed by atoms with Crippen LogP contribution in [0.2, 0.25) is 0 Å². The van der Waals surface area contributed by atoms with Crippen molar-refractivity contribution in [1.82, 2.24) is 4.90 Å². The summed E-state index contributed by atoms with van der Waals surface area (Å²) in [5.41, 5.74) is 6.43. The Hall–Kier alpha value is -0.120. The maximum Gasteiger partial charge on any atom is 0.0589 e. The molecule has 1 fully saturated rings. The summed E-state index contributed by atoms with van der Waals surface area (Å²) in [6.45, 7) is 13.1. The summed E-state index contributed by atoms with van der Waals surface area (Å²) in [6, 6.07) is 0. The smallest absolute Gasteiger partial charge is 0.0589 e. The zero-order chi connectivity index (χ0) is 14.5. The van der Waals surface area contributed by atoms with Crippen LogP contribution in [0.25, 0.3) is 0 Å². The Labute approximate surface area is 119 Å². The molecule has 0 amide bonds. The van der Waals surface area contributed by atoms with Crippen molar-refractivity contribution in [2.24, 2.45) is 23.5 Å². The van der Waals surface area contributed by atoms with Crippen LogP contribution >= 0.6 is 0 Å². The highest BCUT2D eigenvalue weighted by Crippen LogP contribution is 2.40. The first-order chi connectivity index (χ1) is 8.96. The van der Waals surface area contributed by atoms with Gasteiger partial charge in [0.15, 0.2) is 0 Å². The van der Waals surface area contributed by atoms with Crippen LogP contribution in [0.1, 0.15) is 47.0 Å². The van der Waals surface area contributed by atoms with E-state index in [-0.39, 0.29) is 5.54 Å². The Bertz CT molecular complexity index is 257. The third kappa shape index (κ3) is 4.17. The molecule has 1 aliphatic rings. The Kier molecular flexibility index (Phi) is 6.78. The molecule has 1 saturated carbocycles. The van der Waals surface area contributed by atoms with Crippen molar-refractivity contribution in [3.05, 3.63) is 0 Å². The number of methoxy groups -OCH3 is 1. The minimum absolute atomic E-state index is 0.190. The molecule has 0 spiro atoms. The molecule has 1 rings (SSSR count). The molecular weight excluding hydrogens is 236 g/mol.